The van der Waals surface area contributed by atoms with Gasteiger partial charge < -0.3 is 10.4 Å². The molecule has 2 aliphatic heterocycles. The Morgan fingerprint density at radius 1 is 1.30 bits per heavy atom. The van der Waals surface area contributed by atoms with Crippen molar-refractivity contribution in [2.75, 3.05) is 32.8 Å². The van der Waals surface area contributed by atoms with Crippen LogP contribution in [0.3, 0.4) is 0 Å². The smallest absolute Gasteiger partial charge is 0.104 e. The molecule has 3 nitrogen and oxygen atoms in total. The molecule has 2 fully saturated rings. The van der Waals surface area contributed by atoms with E-state index >= 15 is 0 Å². The van der Waals surface area contributed by atoms with Gasteiger partial charge in [0.05, 0.1) is 4.88 Å². The van der Waals surface area contributed by atoms with Crippen LogP contribution in [0.2, 0.25) is 0 Å². The fraction of sp³-hybridized carbons (Fsp3) is 0.625. The molecule has 108 valence electrons. The predicted octanol–water partition coefficient (Wildman–Crippen LogP) is 1.67. The van der Waals surface area contributed by atoms with Gasteiger partial charge in [0.25, 0.3) is 0 Å². The lowest BCUT2D eigenvalue weighted by Gasteiger charge is -2.33. The summed E-state index contributed by atoms with van der Waals surface area (Å²) < 4.78 is 0. The van der Waals surface area contributed by atoms with Crippen LogP contribution in [-0.4, -0.2) is 42.8 Å². The summed E-state index contributed by atoms with van der Waals surface area (Å²) in [5.41, 5.74) is 0.585. The van der Waals surface area contributed by atoms with E-state index in [9.17, 15) is 0 Å². The molecule has 20 heavy (non-hydrogen) atoms. The molecule has 1 spiro atoms. The minimum Gasteiger partial charge on any atom is -0.384 e. The van der Waals surface area contributed by atoms with Gasteiger partial charge in [-0.15, -0.1) is 11.3 Å². The summed E-state index contributed by atoms with van der Waals surface area (Å²) in [7, 11) is 0. The lowest BCUT2D eigenvalue weighted by atomic mass is 9.78. The molecular weight excluding hydrogens is 268 g/mol. The zero-order valence-electron chi connectivity index (χ0n) is 11.8. The molecule has 3 rings (SSSR count). The number of nitrogens with zero attached hydrogens (tertiary/aromatic N) is 1. The molecule has 1 aromatic rings. The molecule has 4 heteroatoms. The summed E-state index contributed by atoms with van der Waals surface area (Å²) in [5, 5.41) is 12.2. The third kappa shape index (κ3) is 3.24. The van der Waals surface area contributed by atoms with E-state index in [2.05, 4.69) is 34.2 Å². The van der Waals surface area contributed by atoms with Crippen LogP contribution in [0.4, 0.5) is 0 Å². The molecule has 3 heterocycles. The van der Waals surface area contributed by atoms with Crippen LogP contribution in [0.1, 0.15) is 29.0 Å². The quantitative estimate of drug-likeness (QED) is 0.813. The van der Waals surface area contributed by atoms with Gasteiger partial charge >= 0.3 is 0 Å². The lowest BCUT2D eigenvalue weighted by Crippen LogP contribution is -2.38. The molecule has 0 unspecified atom stereocenters. The third-order valence-electron chi connectivity index (χ3n) is 4.51. The molecule has 0 aromatic carbocycles. The minimum atomic E-state index is -0.0596. The van der Waals surface area contributed by atoms with Crippen LogP contribution in [0.5, 0.6) is 0 Å². The van der Waals surface area contributed by atoms with Gasteiger partial charge in [0.15, 0.2) is 0 Å². The fourth-order valence-corrected chi connectivity index (χ4v) is 4.33. The number of nitrogens with one attached hydrogen (secondary N) is 1. The number of aliphatic hydroxyl groups is 1. The van der Waals surface area contributed by atoms with E-state index in [1.54, 1.807) is 11.3 Å². The number of rotatable bonds is 2. The van der Waals surface area contributed by atoms with Crippen molar-refractivity contribution in [2.45, 2.75) is 25.8 Å². The average Bonchev–Trinajstić information content (AvgIpc) is 3.06. The van der Waals surface area contributed by atoms with Crippen LogP contribution >= 0.6 is 11.3 Å². The van der Waals surface area contributed by atoms with Gasteiger partial charge in [-0.25, -0.2) is 0 Å². The Hall–Kier alpha value is -0.860. The molecule has 2 saturated heterocycles. The number of thiophene rings is 1. The molecule has 2 aliphatic rings. The maximum Gasteiger partial charge on any atom is 0.104 e. The van der Waals surface area contributed by atoms with Crippen LogP contribution in [0.15, 0.2) is 12.1 Å². The summed E-state index contributed by atoms with van der Waals surface area (Å²) in [6.45, 7) is 5.86. The first-order valence-corrected chi connectivity index (χ1v) is 8.23. The standard InChI is InChI=1S/C16H22N2OS/c19-11-1-2-14-3-4-15(20-14)12-18-10-7-16(13-18)5-8-17-9-6-16/h3-4,17,19H,5-13H2. The van der Waals surface area contributed by atoms with Crippen molar-refractivity contribution in [3.05, 3.63) is 21.9 Å². The first-order valence-electron chi connectivity index (χ1n) is 7.41. The first-order chi connectivity index (χ1) is 9.80. The van der Waals surface area contributed by atoms with Gasteiger partial charge in [-0.3, -0.25) is 4.90 Å². The fourth-order valence-electron chi connectivity index (χ4n) is 3.41. The SMILES string of the molecule is OCC#Cc1ccc(CN2CCC3(CCNCC3)C2)s1. The van der Waals surface area contributed by atoms with Crippen molar-refractivity contribution in [2.24, 2.45) is 5.41 Å². The highest BCUT2D eigenvalue weighted by molar-refractivity contribution is 7.12. The van der Waals surface area contributed by atoms with Crippen molar-refractivity contribution < 1.29 is 5.11 Å². The van der Waals surface area contributed by atoms with E-state index in [-0.39, 0.29) is 6.61 Å². The molecule has 0 atom stereocenters. The molecular formula is C16H22N2OS. The van der Waals surface area contributed by atoms with Crippen LogP contribution < -0.4 is 5.32 Å². The Balaban J connectivity index is 1.57. The normalized spacial score (nSPS) is 21.9. The minimum absolute atomic E-state index is 0.0596. The van der Waals surface area contributed by atoms with Gasteiger partial charge in [-0.05, 0) is 56.4 Å². The second kappa shape index (κ2) is 6.28. The first kappa shape index (κ1) is 14.1. The van der Waals surface area contributed by atoms with Crippen molar-refractivity contribution in [3.63, 3.8) is 0 Å². The highest BCUT2D eigenvalue weighted by atomic mass is 32.1. The number of likely N-dealkylation sites (tertiary alicyclic amines) is 1. The average molecular weight is 290 g/mol. The summed E-state index contributed by atoms with van der Waals surface area (Å²) in [6.07, 6.45) is 4.03. The highest BCUT2D eigenvalue weighted by Crippen LogP contribution is 2.39. The van der Waals surface area contributed by atoms with Gasteiger partial charge in [0.1, 0.15) is 6.61 Å². The van der Waals surface area contributed by atoms with E-state index in [4.69, 9.17) is 5.11 Å². The summed E-state index contributed by atoms with van der Waals surface area (Å²) >= 11 is 1.76. The second-order valence-electron chi connectivity index (χ2n) is 5.94. The number of piperidine rings is 1. The summed E-state index contributed by atoms with van der Waals surface area (Å²) in [5.74, 6) is 5.70. The molecule has 0 bridgehead atoms. The van der Waals surface area contributed by atoms with Crippen molar-refractivity contribution in [1.29, 1.82) is 0 Å². The lowest BCUT2D eigenvalue weighted by molar-refractivity contribution is 0.194. The van der Waals surface area contributed by atoms with E-state index in [1.165, 1.54) is 50.3 Å². The van der Waals surface area contributed by atoms with Crippen LogP contribution in [-0.2, 0) is 6.54 Å². The third-order valence-corrected chi connectivity index (χ3v) is 5.50. The molecule has 2 N–H and O–H groups in total. The topological polar surface area (TPSA) is 35.5 Å². The second-order valence-corrected chi connectivity index (χ2v) is 7.10. The monoisotopic (exact) mass is 290 g/mol. The van der Waals surface area contributed by atoms with Crippen molar-refractivity contribution in [3.8, 4) is 11.8 Å². The Morgan fingerprint density at radius 3 is 2.95 bits per heavy atom. The predicted molar refractivity (Wildman–Crippen MR) is 82.7 cm³/mol. The van der Waals surface area contributed by atoms with Crippen LogP contribution in [0, 0.1) is 17.3 Å². The maximum absolute atomic E-state index is 8.72. The summed E-state index contributed by atoms with van der Waals surface area (Å²) in [4.78, 5) is 5.04. The van der Waals surface area contributed by atoms with E-state index in [1.807, 2.05) is 0 Å². The van der Waals surface area contributed by atoms with E-state index < -0.39 is 0 Å². The number of hydrogen-bond donors (Lipinski definition) is 2. The number of hydrogen-bond acceptors (Lipinski definition) is 4. The van der Waals surface area contributed by atoms with Gasteiger partial charge in [0, 0.05) is 18.0 Å². The molecule has 0 radical (unpaired) electrons. The molecule has 0 aliphatic carbocycles. The van der Waals surface area contributed by atoms with E-state index in [0.29, 0.717) is 5.41 Å². The summed E-state index contributed by atoms with van der Waals surface area (Å²) in [6, 6.07) is 4.25. The van der Waals surface area contributed by atoms with E-state index in [0.717, 1.165) is 11.4 Å². The van der Waals surface area contributed by atoms with Crippen LogP contribution in [0.25, 0.3) is 0 Å². The van der Waals surface area contributed by atoms with Gasteiger partial charge in [-0.1, -0.05) is 11.8 Å². The van der Waals surface area contributed by atoms with Crippen molar-refractivity contribution in [1.82, 2.24) is 10.2 Å². The van der Waals surface area contributed by atoms with Crippen molar-refractivity contribution >= 4 is 11.3 Å². The Morgan fingerprint density at radius 2 is 2.15 bits per heavy atom. The maximum atomic E-state index is 8.72. The molecule has 1 aromatic heterocycles. The Bertz CT molecular complexity index is 508. The molecule has 0 saturated carbocycles. The largest absolute Gasteiger partial charge is 0.384 e. The van der Waals surface area contributed by atoms with Gasteiger partial charge in [-0.2, -0.15) is 0 Å². The molecule has 0 amide bonds. The number of aliphatic hydroxyl groups excluding tert-OH is 1. The zero-order valence-corrected chi connectivity index (χ0v) is 12.6. The van der Waals surface area contributed by atoms with Gasteiger partial charge in [0.2, 0.25) is 0 Å². The Labute approximate surface area is 125 Å². The Kier molecular flexibility index (Phi) is 4.42. The zero-order chi connectivity index (χ0) is 13.8. The highest BCUT2D eigenvalue weighted by Gasteiger charge is 2.38.